The summed E-state index contributed by atoms with van der Waals surface area (Å²) in [4.78, 5) is 0. The van der Waals surface area contributed by atoms with Crippen LogP contribution in [-0.2, 0) is 0 Å². The molecule has 0 saturated carbocycles. The Hall–Kier alpha value is -1.05. The number of hydrogen-bond donors (Lipinski definition) is 0. The minimum atomic E-state index is 0.683. The molecule has 9 heavy (non-hydrogen) atoms. The van der Waals surface area contributed by atoms with Gasteiger partial charge in [-0.3, -0.25) is 0 Å². The van der Waals surface area contributed by atoms with E-state index in [1.54, 1.807) is 6.07 Å². The summed E-state index contributed by atoms with van der Waals surface area (Å²) in [7, 11) is 0. The normalized spacial score (nSPS) is 9.56. The van der Waals surface area contributed by atoms with Crippen LogP contribution in [0.2, 0.25) is 0 Å². The first-order valence-corrected chi connectivity index (χ1v) is 2.78. The summed E-state index contributed by atoms with van der Waals surface area (Å²) in [5.74, 6) is 0. The van der Waals surface area contributed by atoms with Gasteiger partial charge in [0.05, 0.1) is 0 Å². The SMILES string of the molecule is Cc1c[c][n+]([O-])cc1C. The van der Waals surface area contributed by atoms with E-state index in [2.05, 4.69) is 6.20 Å². The van der Waals surface area contributed by atoms with Gasteiger partial charge in [0.25, 0.3) is 6.20 Å². The average Bonchev–Trinajstić information content (AvgIpc) is 1.80. The summed E-state index contributed by atoms with van der Waals surface area (Å²) < 4.78 is 0.683. The molecule has 0 aliphatic rings. The van der Waals surface area contributed by atoms with Crippen LogP contribution in [0.25, 0.3) is 0 Å². The van der Waals surface area contributed by atoms with Crippen molar-refractivity contribution in [2.75, 3.05) is 0 Å². The fourth-order valence-corrected chi connectivity index (χ4v) is 0.589. The maximum Gasteiger partial charge on any atom is 0.290 e. The summed E-state index contributed by atoms with van der Waals surface area (Å²) in [6, 6.07) is 1.68. The molecule has 0 amide bonds. The first-order valence-electron chi connectivity index (χ1n) is 2.78. The molecule has 0 spiro atoms. The number of aryl methyl sites for hydroxylation is 2. The molecule has 1 rings (SSSR count). The van der Waals surface area contributed by atoms with Crippen molar-refractivity contribution in [3.8, 4) is 0 Å². The highest BCUT2D eigenvalue weighted by Crippen LogP contribution is 1.98. The molecule has 1 aromatic rings. The molecule has 0 unspecified atom stereocenters. The van der Waals surface area contributed by atoms with Crippen molar-refractivity contribution in [2.24, 2.45) is 0 Å². The van der Waals surface area contributed by atoms with Crippen molar-refractivity contribution >= 4 is 0 Å². The molecule has 1 radical (unpaired) electrons. The van der Waals surface area contributed by atoms with Gasteiger partial charge in [0.1, 0.15) is 0 Å². The predicted molar refractivity (Wildman–Crippen MR) is 33.7 cm³/mol. The van der Waals surface area contributed by atoms with Crippen molar-refractivity contribution in [1.82, 2.24) is 0 Å². The fourth-order valence-electron chi connectivity index (χ4n) is 0.589. The van der Waals surface area contributed by atoms with Crippen molar-refractivity contribution in [1.29, 1.82) is 0 Å². The van der Waals surface area contributed by atoms with Crippen LogP contribution in [0.15, 0.2) is 12.3 Å². The van der Waals surface area contributed by atoms with Gasteiger partial charge in [0.2, 0.25) is 0 Å². The molecule has 0 aliphatic heterocycles. The van der Waals surface area contributed by atoms with E-state index in [4.69, 9.17) is 0 Å². The number of nitrogens with zero attached hydrogens (tertiary/aromatic N) is 1. The molecule has 1 heterocycles. The highest BCUT2D eigenvalue weighted by molar-refractivity contribution is 5.16. The van der Waals surface area contributed by atoms with E-state index < -0.39 is 0 Å². The largest absolute Gasteiger partial charge is 0.618 e. The highest BCUT2D eigenvalue weighted by atomic mass is 16.5. The van der Waals surface area contributed by atoms with Gasteiger partial charge in [-0.05, 0) is 19.4 Å². The van der Waals surface area contributed by atoms with Crippen molar-refractivity contribution < 1.29 is 4.73 Å². The van der Waals surface area contributed by atoms with Gasteiger partial charge >= 0.3 is 0 Å². The van der Waals surface area contributed by atoms with E-state index in [-0.39, 0.29) is 0 Å². The monoisotopic (exact) mass is 122 g/mol. The van der Waals surface area contributed by atoms with Gasteiger partial charge in [0.15, 0.2) is 6.20 Å². The van der Waals surface area contributed by atoms with Crippen molar-refractivity contribution in [3.05, 3.63) is 34.8 Å². The molecular formula is C7H8NO. The van der Waals surface area contributed by atoms with Crippen LogP contribution in [0, 0.1) is 25.3 Å². The van der Waals surface area contributed by atoms with E-state index >= 15 is 0 Å². The molecule has 0 N–H and O–H groups in total. The lowest BCUT2D eigenvalue weighted by Crippen LogP contribution is -2.25. The van der Waals surface area contributed by atoms with E-state index in [9.17, 15) is 5.21 Å². The van der Waals surface area contributed by atoms with Gasteiger partial charge in [0, 0.05) is 11.6 Å². The molecule has 0 fully saturated rings. The van der Waals surface area contributed by atoms with Gasteiger partial charge in [-0.1, -0.05) is 0 Å². The molecule has 2 nitrogen and oxygen atoms in total. The third-order valence-corrected chi connectivity index (χ3v) is 1.34. The highest BCUT2D eigenvalue weighted by Gasteiger charge is 1.95. The summed E-state index contributed by atoms with van der Waals surface area (Å²) in [6.45, 7) is 3.85. The minimum absolute atomic E-state index is 0.683. The number of pyridine rings is 1. The zero-order chi connectivity index (χ0) is 6.85. The quantitative estimate of drug-likeness (QED) is 0.368. The van der Waals surface area contributed by atoms with Crippen LogP contribution >= 0.6 is 0 Å². The van der Waals surface area contributed by atoms with Crippen molar-refractivity contribution in [3.63, 3.8) is 0 Å². The van der Waals surface area contributed by atoms with Crippen LogP contribution in [0.5, 0.6) is 0 Å². The number of aromatic nitrogens is 1. The summed E-state index contributed by atoms with van der Waals surface area (Å²) in [5, 5.41) is 10.5. The van der Waals surface area contributed by atoms with Crippen LogP contribution in [0.1, 0.15) is 11.1 Å². The Kier molecular flexibility index (Phi) is 1.39. The molecule has 2 heteroatoms. The van der Waals surface area contributed by atoms with Crippen LogP contribution < -0.4 is 4.73 Å². The molecule has 47 valence electrons. The Balaban J connectivity index is 3.17. The fraction of sp³-hybridized carbons (Fsp3) is 0.286. The first kappa shape index (κ1) is 6.08. The standard InChI is InChI=1S/C7H8NO/c1-6-3-4-8(9)5-7(6)2/h3,5H,1-2H3. The number of hydrogen-bond acceptors (Lipinski definition) is 1. The number of rotatable bonds is 0. The van der Waals surface area contributed by atoms with E-state index in [1.807, 2.05) is 13.8 Å². The molecular weight excluding hydrogens is 114 g/mol. The second kappa shape index (κ2) is 2.05. The minimum Gasteiger partial charge on any atom is -0.618 e. The lowest BCUT2D eigenvalue weighted by Gasteiger charge is -1.96. The molecule has 1 aromatic heterocycles. The zero-order valence-electron chi connectivity index (χ0n) is 5.51. The van der Waals surface area contributed by atoms with E-state index in [0.717, 1.165) is 11.1 Å². The molecule has 0 saturated heterocycles. The summed E-state index contributed by atoms with van der Waals surface area (Å²) in [6.07, 6.45) is 4.01. The smallest absolute Gasteiger partial charge is 0.290 e. The van der Waals surface area contributed by atoms with Gasteiger partial charge < -0.3 is 5.21 Å². The Morgan fingerprint density at radius 2 is 2.11 bits per heavy atom. The zero-order valence-corrected chi connectivity index (χ0v) is 5.51. The Morgan fingerprint density at radius 1 is 1.44 bits per heavy atom. The van der Waals surface area contributed by atoms with Crippen molar-refractivity contribution in [2.45, 2.75) is 13.8 Å². The topological polar surface area (TPSA) is 26.9 Å². The van der Waals surface area contributed by atoms with Gasteiger partial charge in [-0.25, -0.2) is 0 Å². The van der Waals surface area contributed by atoms with Gasteiger partial charge in [-0.2, -0.15) is 4.73 Å². The first-order chi connectivity index (χ1) is 4.20. The second-order valence-corrected chi connectivity index (χ2v) is 2.09. The molecule has 0 aromatic carbocycles. The Bertz CT molecular complexity index is 220. The lowest BCUT2D eigenvalue weighted by molar-refractivity contribution is -0.610. The lowest BCUT2D eigenvalue weighted by atomic mass is 10.2. The second-order valence-electron chi connectivity index (χ2n) is 2.09. The van der Waals surface area contributed by atoms with Crippen LogP contribution in [0.3, 0.4) is 0 Å². The van der Waals surface area contributed by atoms with Crippen LogP contribution in [-0.4, -0.2) is 0 Å². The molecule has 0 atom stereocenters. The summed E-state index contributed by atoms with van der Waals surface area (Å²) in [5.41, 5.74) is 2.10. The summed E-state index contributed by atoms with van der Waals surface area (Å²) >= 11 is 0. The predicted octanol–water partition coefficient (Wildman–Crippen LogP) is 0.737. The Morgan fingerprint density at radius 3 is 2.56 bits per heavy atom. The third kappa shape index (κ3) is 1.19. The third-order valence-electron chi connectivity index (χ3n) is 1.34. The van der Waals surface area contributed by atoms with Crippen LogP contribution in [0.4, 0.5) is 0 Å². The van der Waals surface area contributed by atoms with E-state index in [0.29, 0.717) is 4.73 Å². The molecule has 0 bridgehead atoms. The maximum absolute atomic E-state index is 10.5. The van der Waals surface area contributed by atoms with E-state index in [1.165, 1.54) is 6.20 Å². The maximum atomic E-state index is 10.5. The Labute approximate surface area is 54.3 Å². The van der Waals surface area contributed by atoms with Gasteiger partial charge in [-0.15, -0.1) is 0 Å². The molecule has 0 aliphatic carbocycles. The average molecular weight is 122 g/mol.